The highest BCUT2D eigenvalue weighted by atomic mass is 16.5. The van der Waals surface area contributed by atoms with Crippen molar-refractivity contribution in [3.05, 3.63) is 71.4 Å². The number of aromatic nitrogens is 1. The zero-order chi connectivity index (χ0) is 20.1. The fraction of sp³-hybridized carbons (Fsp3) is 0.182. The number of carbonyl (C=O) groups is 1. The molecule has 2 aromatic carbocycles. The Hall–Kier alpha value is -3.54. The van der Waals surface area contributed by atoms with Gasteiger partial charge in [-0.2, -0.15) is 0 Å². The largest absolute Gasteiger partial charge is 0.496 e. The highest BCUT2D eigenvalue weighted by molar-refractivity contribution is 6.07. The number of aryl methyl sites for hydroxylation is 2. The molecule has 0 aliphatic carbocycles. The van der Waals surface area contributed by atoms with E-state index < -0.39 is 0 Å². The normalized spacial score (nSPS) is 10.3. The van der Waals surface area contributed by atoms with Crippen LogP contribution in [0.3, 0.4) is 0 Å². The van der Waals surface area contributed by atoms with E-state index in [2.05, 4.69) is 33.8 Å². The van der Waals surface area contributed by atoms with Crippen LogP contribution in [0.2, 0.25) is 0 Å². The minimum Gasteiger partial charge on any atom is -0.496 e. The van der Waals surface area contributed by atoms with Gasteiger partial charge >= 0.3 is 0 Å². The number of pyridine rings is 1. The molecule has 0 spiro atoms. The summed E-state index contributed by atoms with van der Waals surface area (Å²) in [6.07, 6.45) is 1.68. The Balaban J connectivity index is 1.76. The summed E-state index contributed by atoms with van der Waals surface area (Å²) in [4.78, 5) is 17.0. The lowest BCUT2D eigenvalue weighted by molar-refractivity contribution is 0.102. The van der Waals surface area contributed by atoms with E-state index in [0.717, 1.165) is 16.9 Å². The molecule has 0 aliphatic rings. The maximum atomic E-state index is 12.7. The van der Waals surface area contributed by atoms with Gasteiger partial charge in [-0.05, 0) is 55.3 Å². The highest BCUT2D eigenvalue weighted by Crippen LogP contribution is 2.29. The van der Waals surface area contributed by atoms with Crippen LogP contribution in [0.25, 0.3) is 0 Å². The Morgan fingerprint density at radius 3 is 2.29 bits per heavy atom. The molecule has 0 saturated carbocycles. The second kappa shape index (κ2) is 8.43. The molecule has 28 heavy (non-hydrogen) atoms. The molecule has 0 atom stereocenters. The van der Waals surface area contributed by atoms with Gasteiger partial charge in [0.15, 0.2) is 0 Å². The van der Waals surface area contributed by atoms with Crippen LogP contribution in [0.1, 0.15) is 21.5 Å². The van der Waals surface area contributed by atoms with Crippen molar-refractivity contribution >= 4 is 23.1 Å². The Bertz CT molecular complexity index is 963. The topological polar surface area (TPSA) is 72.5 Å². The molecule has 0 unspecified atom stereocenters. The number of anilines is 3. The van der Waals surface area contributed by atoms with E-state index >= 15 is 0 Å². The van der Waals surface area contributed by atoms with Crippen LogP contribution in [0.5, 0.6) is 11.5 Å². The predicted octanol–water partition coefficient (Wildman–Crippen LogP) is 4.71. The van der Waals surface area contributed by atoms with E-state index in [4.69, 9.17) is 9.47 Å². The number of rotatable bonds is 6. The molecule has 0 radical (unpaired) electrons. The van der Waals surface area contributed by atoms with Crippen molar-refractivity contribution in [1.82, 2.24) is 4.98 Å². The van der Waals surface area contributed by atoms with Gasteiger partial charge in [-0.1, -0.05) is 18.2 Å². The predicted molar refractivity (Wildman–Crippen MR) is 111 cm³/mol. The van der Waals surface area contributed by atoms with Crippen LogP contribution in [0.4, 0.5) is 17.2 Å². The van der Waals surface area contributed by atoms with Gasteiger partial charge in [-0.3, -0.25) is 4.79 Å². The summed E-state index contributed by atoms with van der Waals surface area (Å²) in [6, 6.07) is 15.0. The lowest BCUT2D eigenvalue weighted by Crippen LogP contribution is -2.15. The number of methoxy groups -OCH3 is 2. The van der Waals surface area contributed by atoms with Crippen LogP contribution in [-0.4, -0.2) is 25.1 Å². The van der Waals surface area contributed by atoms with Gasteiger partial charge in [0.05, 0.1) is 26.1 Å². The number of amides is 1. The van der Waals surface area contributed by atoms with E-state index in [1.54, 1.807) is 30.5 Å². The summed E-state index contributed by atoms with van der Waals surface area (Å²) in [5.74, 6) is 0.955. The molecular formula is C22H23N3O3. The van der Waals surface area contributed by atoms with Crippen LogP contribution < -0.4 is 20.1 Å². The monoisotopic (exact) mass is 377 g/mol. The molecular weight excluding hydrogens is 354 g/mol. The molecule has 1 aromatic heterocycles. The van der Waals surface area contributed by atoms with Gasteiger partial charge in [-0.25, -0.2) is 4.98 Å². The summed E-state index contributed by atoms with van der Waals surface area (Å²) in [6.45, 7) is 4.10. The number of benzene rings is 2. The second-order valence-electron chi connectivity index (χ2n) is 6.37. The number of hydrogen-bond donors (Lipinski definition) is 2. The summed E-state index contributed by atoms with van der Waals surface area (Å²) in [5.41, 5.74) is 4.51. The van der Waals surface area contributed by atoms with Gasteiger partial charge in [-0.15, -0.1) is 0 Å². The third-order valence-corrected chi connectivity index (χ3v) is 4.33. The van der Waals surface area contributed by atoms with E-state index in [9.17, 15) is 4.79 Å². The maximum Gasteiger partial charge on any atom is 0.264 e. The first-order valence-corrected chi connectivity index (χ1v) is 8.84. The van der Waals surface area contributed by atoms with Crippen LogP contribution in [0.15, 0.2) is 54.7 Å². The first kappa shape index (κ1) is 19.2. The zero-order valence-electron chi connectivity index (χ0n) is 16.4. The summed E-state index contributed by atoms with van der Waals surface area (Å²) < 4.78 is 10.6. The Morgan fingerprint density at radius 1 is 0.964 bits per heavy atom. The van der Waals surface area contributed by atoms with Crippen molar-refractivity contribution in [1.29, 1.82) is 0 Å². The second-order valence-corrected chi connectivity index (χ2v) is 6.37. The molecule has 1 heterocycles. The van der Waals surface area contributed by atoms with Crippen molar-refractivity contribution < 1.29 is 14.3 Å². The fourth-order valence-corrected chi connectivity index (χ4v) is 2.82. The van der Waals surface area contributed by atoms with Crippen LogP contribution >= 0.6 is 0 Å². The minimum absolute atomic E-state index is 0.326. The molecule has 6 nitrogen and oxygen atoms in total. The van der Waals surface area contributed by atoms with Gasteiger partial charge in [0.25, 0.3) is 5.91 Å². The first-order valence-electron chi connectivity index (χ1n) is 8.84. The van der Waals surface area contributed by atoms with Gasteiger partial charge in [0.1, 0.15) is 22.9 Å². The van der Waals surface area contributed by atoms with E-state index in [-0.39, 0.29) is 5.91 Å². The third kappa shape index (κ3) is 4.23. The Morgan fingerprint density at radius 2 is 1.68 bits per heavy atom. The first-order chi connectivity index (χ1) is 13.5. The molecule has 1 amide bonds. The molecule has 144 valence electrons. The molecule has 0 aliphatic heterocycles. The molecule has 3 aromatic rings. The summed E-state index contributed by atoms with van der Waals surface area (Å²) in [7, 11) is 3.02. The molecule has 0 saturated heterocycles. The summed E-state index contributed by atoms with van der Waals surface area (Å²) in [5, 5.41) is 6.13. The standard InChI is InChI=1S/C22H23N3O3/c1-14-8-9-15(2)17(12-14)24-16-10-11-20(23-13-16)25-22(26)21-18(27-3)6-5-7-19(21)28-4/h5-13,24H,1-4H3,(H,23,25,26). The van der Waals surface area contributed by atoms with Crippen LogP contribution in [0, 0.1) is 13.8 Å². The van der Waals surface area contributed by atoms with Crippen LogP contribution in [-0.2, 0) is 0 Å². The zero-order valence-corrected chi connectivity index (χ0v) is 16.4. The van der Waals surface area contributed by atoms with Crippen molar-refractivity contribution in [2.75, 3.05) is 24.9 Å². The average Bonchev–Trinajstić information content (AvgIpc) is 2.71. The lowest BCUT2D eigenvalue weighted by atomic mass is 10.1. The SMILES string of the molecule is COc1cccc(OC)c1C(=O)Nc1ccc(Nc2cc(C)ccc2C)cn1. The van der Waals surface area contributed by atoms with Gasteiger partial charge in [0.2, 0.25) is 0 Å². The number of ether oxygens (including phenoxy) is 2. The number of carbonyl (C=O) groups excluding carboxylic acids is 1. The average molecular weight is 377 g/mol. The van der Waals surface area contributed by atoms with Gasteiger partial charge < -0.3 is 20.1 Å². The molecule has 0 bridgehead atoms. The smallest absolute Gasteiger partial charge is 0.264 e. The van der Waals surface area contributed by atoms with Crippen molar-refractivity contribution in [3.63, 3.8) is 0 Å². The lowest BCUT2D eigenvalue weighted by Gasteiger charge is -2.13. The highest BCUT2D eigenvalue weighted by Gasteiger charge is 2.18. The van der Waals surface area contributed by atoms with Gasteiger partial charge in [0, 0.05) is 5.69 Å². The van der Waals surface area contributed by atoms with E-state index in [1.165, 1.54) is 19.8 Å². The van der Waals surface area contributed by atoms with Crippen molar-refractivity contribution in [3.8, 4) is 11.5 Å². The number of nitrogens with zero attached hydrogens (tertiary/aromatic N) is 1. The Kier molecular flexibility index (Phi) is 5.79. The van der Waals surface area contributed by atoms with Crippen molar-refractivity contribution in [2.45, 2.75) is 13.8 Å². The molecule has 3 rings (SSSR count). The van der Waals surface area contributed by atoms with Crippen molar-refractivity contribution in [2.24, 2.45) is 0 Å². The number of nitrogens with one attached hydrogen (secondary N) is 2. The Labute approximate surface area is 164 Å². The minimum atomic E-state index is -0.350. The molecule has 0 fully saturated rings. The molecule has 6 heteroatoms. The van der Waals surface area contributed by atoms with E-state index in [0.29, 0.717) is 22.9 Å². The third-order valence-electron chi connectivity index (χ3n) is 4.33. The fourth-order valence-electron chi connectivity index (χ4n) is 2.82. The quantitative estimate of drug-likeness (QED) is 0.651. The molecule has 2 N–H and O–H groups in total. The number of hydrogen-bond acceptors (Lipinski definition) is 5. The summed E-state index contributed by atoms with van der Waals surface area (Å²) >= 11 is 0. The maximum absolute atomic E-state index is 12.7. The van der Waals surface area contributed by atoms with E-state index in [1.807, 2.05) is 19.9 Å².